The third-order valence-electron chi connectivity index (χ3n) is 2.84. The average molecular weight is 190 g/mol. The second-order valence-electron chi connectivity index (χ2n) is 4.18. The maximum atomic E-state index is 4.43. The summed E-state index contributed by atoms with van der Waals surface area (Å²) in [5, 5.41) is 3.54. The number of rotatable bonds is 2. The molecule has 1 aliphatic heterocycles. The van der Waals surface area contributed by atoms with Crippen molar-refractivity contribution in [2.24, 2.45) is 0 Å². The van der Waals surface area contributed by atoms with E-state index in [0.29, 0.717) is 6.04 Å². The molecule has 1 N–H and O–H groups in total. The summed E-state index contributed by atoms with van der Waals surface area (Å²) in [4.78, 5) is 4.43. The molecule has 1 aliphatic rings. The predicted molar refractivity (Wildman–Crippen MR) is 58.3 cm³/mol. The van der Waals surface area contributed by atoms with Crippen molar-refractivity contribution in [3.63, 3.8) is 0 Å². The summed E-state index contributed by atoms with van der Waals surface area (Å²) < 4.78 is 0. The van der Waals surface area contributed by atoms with Crippen LogP contribution in [0.3, 0.4) is 0 Å². The first-order chi connectivity index (χ1) is 6.84. The third kappa shape index (κ3) is 2.55. The van der Waals surface area contributed by atoms with Gasteiger partial charge >= 0.3 is 0 Å². The fourth-order valence-electron chi connectivity index (χ4n) is 1.97. The summed E-state index contributed by atoms with van der Waals surface area (Å²) in [5.41, 5.74) is 2.46. The van der Waals surface area contributed by atoms with E-state index in [4.69, 9.17) is 0 Å². The molecule has 1 aromatic heterocycles. The Labute approximate surface area is 85.7 Å². The Balaban J connectivity index is 1.92. The van der Waals surface area contributed by atoms with Crippen molar-refractivity contribution >= 4 is 0 Å². The number of aryl methyl sites for hydroxylation is 1. The first-order valence-electron chi connectivity index (χ1n) is 5.49. The van der Waals surface area contributed by atoms with E-state index in [-0.39, 0.29) is 0 Å². The van der Waals surface area contributed by atoms with Crippen LogP contribution in [0.25, 0.3) is 0 Å². The van der Waals surface area contributed by atoms with E-state index >= 15 is 0 Å². The zero-order chi connectivity index (χ0) is 9.80. The topological polar surface area (TPSA) is 24.9 Å². The van der Waals surface area contributed by atoms with Gasteiger partial charge in [-0.15, -0.1) is 0 Å². The van der Waals surface area contributed by atoms with Crippen molar-refractivity contribution in [3.8, 4) is 0 Å². The first kappa shape index (κ1) is 9.66. The summed E-state index contributed by atoms with van der Waals surface area (Å²) in [6.07, 6.45) is 7.04. The van der Waals surface area contributed by atoms with Crippen molar-refractivity contribution in [3.05, 3.63) is 29.6 Å². The quantitative estimate of drug-likeness (QED) is 0.772. The maximum Gasteiger partial charge on any atom is 0.0419 e. The average Bonchev–Trinajstić information content (AvgIpc) is 2.23. The zero-order valence-corrected chi connectivity index (χ0v) is 8.79. The van der Waals surface area contributed by atoms with Crippen LogP contribution in [0.15, 0.2) is 18.3 Å². The van der Waals surface area contributed by atoms with Crippen LogP contribution in [0.1, 0.15) is 30.5 Å². The maximum absolute atomic E-state index is 4.43. The van der Waals surface area contributed by atoms with Gasteiger partial charge in [0.15, 0.2) is 0 Å². The lowest BCUT2D eigenvalue weighted by Gasteiger charge is -2.22. The van der Waals surface area contributed by atoms with E-state index in [2.05, 4.69) is 29.4 Å². The molecule has 0 radical (unpaired) electrons. The molecule has 2 heterocycles. The van der Waals surface area contributed by atoms with Gasteiger partial charge in [0.1, 0.15) is 0 Å². The van der Waals surface area contributed by atoms with Crippen LogP contribution >= 0.6 is 0 Å². The summed E-state index contributed by atoms with van der Waals surface area (Å²) in [5.74, 6) is 0. The lowest BCUT2D eigenvalue weighted by molar-refractivity contribution is 0.397. The molecule has 76 valence electrons. The summed E-state index contributed by atoms with van der Waals surface area (Å²) in [6.45, 7) is 3.26. The second kappa shape index (κ2) is 4.56. The van der Waals surface area contributed by atoms with Gasteiger partial charge in [0.2, 0.25) is 0 Å². The Morgan fingerprint density at radius 1 is 1.43 bits per heavy atom. The number of nitrogens with one attached hydrogen (secondary N) is 1. The van der Waals surface area contributed by atoms with E-state index in [1.54, 1.807) is 0 Å². The summed E-state index contributed by atoms with van der Waals surface area (Å²) >= 11 is 0. The monoisotopic (exact) mass is 190 g/mol. The zero-order valence-electron chi connectivity index (χ0n) is 8.79. The van der Waals surface area contributed by atoms with E-state index in [1.165, 1.54) is 37.1 Å². The first-order valence-corrected chi connectivity index (χ1v) is 5.49. The highest BCUT2D eigenvalue weighted by atomic mass is 14.9. The molecule has 14 heavy (non-hydrogen) atoms. The molecule has 1 fully saturated rings. The van der Waals surface area contributed by atoms with E-state index in [9.17, 15) is 0 Å². The smallest absolute Gasteiger partial charge is 0.0419 e. The highest BCUT2D eigenvalue weighted by Gasteiger charge is 2.12. The van der Waals surface area contributed by atoms with Crippen LogP contribution in [-0.4, -0.2) is 17.6 Å². The number of nitrogens with zero attached hydrogens (tertiary/aromatic N) is 1. The molecule has 0 amide bonds. The number of pyridine rings is 1. The molecule has 2 heteroatoms. The SMILES string of the molecule is Cc1ccc(CC2CCCCN2)nc1. The molecule has 1 unspecified atom stereocenters. The van der Waals surface area contributed by atoms with Gasteiger partial charge in [-0.25, -0.2) is 0 Å². The molecule has 0 bridgehead atoms. The van der Waals surface area contributed by atoms with Gasteiger partial charge in [-0.05, 0) is 37.9 Å². The number of piperidine rings is 1. The summed E-state index contributed by atoms with van der Waals surface area (Å²) in [6, 6.07) is 4.94. The van der Waals surface area contributed by atoms with Crippen LogP contribution in [0.2, 0.25) is 0 Å². The van der Waals surface area contributed by atoms with Crippen LogP contribution in [0.4, 0.5) is 0 Å². The third-order valence-corrected chi connectivity index (χ3v) is 2.84. The minimum atomic E-state index is 0.652. The van der Waals surface area contributed by atoms with Crippen LogP contribution in [0, 0.1) is 6.92 Å². The predicted octanol–water partition coefficient (Wildman–Crippen LogP) is 2.07. The Morgan fingerprint density at radius 2 is 2.36 bits per heavy atom. The second-order valence-corrected chi connectivity index (χ2v) is 4.18. The van der Waals surface area contributed by atoms with Crippen molar-refractivity contribution < 1.29 is 0 Å². The fraction of sp³-hybridized carbons (Fsp3) is 0.583. The molecular formula is C12H18N2. The number of hydrogen-bond acceptors (Lipinski definition) is 2. The molecule has 0 aromatic carbocycles. The van der Waals surface area contributed by atoms with Crippen molar-refractivity contribution in [1.29, 1.82) is 0 Å². The fourth-order valence-corrected chi connectivity index (χ4v) is 1.97. The van der Waals surface area contributed by atoms with E-state index in [0.717, 1.165) is 6.42 Å². The minimum Gasteiger partial charge on any atom is -0.314 e. The van der Waals surface area contributed by atoms with Crippen LogP contribution in [0.5, 0.6) is 0 Å². The summed E-state index contributed by atoms with van der Waals surface area (Å²) in [7, 11) is 0. The molecule has 1 aromatic rings. The molecule has 1 atom stereocenters. The van der Waals surface area contributed by atoms with Gasteiger partial charge in [0.25, 0.3) is 0 Å². The van der Waals surface area contributed by atoms with E-state index in [1.807, 2.05) is 6.20 Å². The van der Waals surface area contributed by atoms with Gasteiger partial charge in [0.05, 0.1) is 0 Å². The lowest BCUT2D eigenvalue weighted by Crippen LogP contribution is -2.35. The molecule has 1 saturated heterocycles. The van der Waals surface area contributed by atoms with Gasteiger partial charge < -0.3 is 5.32 Å². The van der Waals surface area contributed by atoms with Gasteiger partial charge in [-0.2, -0.15) is 0 Å². The Kier molecular flexibility index (Phi) is 3.14. The van der Waals surface area contributed by atoms with Crippen molar-refractivity contribution in [2.75, 3.05) is 6.54 Å². The molecular weight excluding hydrogens is 172 g/mol. The Morgan fingerprint density at radius 3 is 3.00 bits per heavy atom. The molecule has 2 nitrogen and oxygen atoms in total. The van der Waals surface area contributed by atoms with Crippen molar-refractivity contribution in [2.45, 2.75) is 38.6 Å². The van der Waals surface area contributed by atoms with Crippen molar-refractivity contribution in [1.82, 2.24) is 10.3 Å². The number of hydrogen-bond donors (Lipinski definition) is 1. The molecule has 2 rings (SSSR count). The molecule has 0 spiro atoms. The van der Waals surface area contributed by atoms with Gasteiger partial charge in [0, 0.05) is 24.4 Å². The molecule has 0 aliphatic carbocycles. The Bertz CT molecular complexity index is 273. The van der Waals surface area contributed by atoms with Crippen LogP contribution < -0.4 is 5.32 Å². The van der Waals surface area contributed by atoms with Gasteiger partial charge in [-0.1, -0.05) is 12.5 Å². The highest BCUT2D eigenvalue weighted by Crippen LogP contribution is 2.11. The normalized spacial score (nSPS) is 22.2. The van der Waals surface area contributed by atoms with E-state index < -0.39 is 0 Å². The molecule has 0 saturated carbocycles. The number of aromatic nitrogens is 1. The highest BCUT2D eigenvalue weighted by molar-refractivity contribution is 5.13. The minimum absolute atomic E-state index is 0.652. The lowest BCUT2D eigenvalue weighted by atomic mass is 10.0. The van der Waals surface area contributed by atoms with Crippen LogP contribution in [-0.2, 0) is 6.42 Å². The van der Waals surface area contributed by atoms with Gasteiger partial charge in [-0.3, -0.25) is 4.98 Å². The largest absolute Gasteiger partial charge is 0.314 e. The standard InChI is InChI=1S/C12H18N2/c1-10-5-6-12(14-9-10)8-11-4-2-3-7-13-11/h5-6,9,11,13H,2-4,7-8H2,1H3. The Hall–Kier alpha value is -0.890.